The topological polar surface area (TPSA) is 28.7 Å². The molecule has 0 bridgehead atoms. The lowest BCUT2D eigenvalue weighted by Gasteiger charge is -1.99. The highest BCUT2D eigenvalue weighted by molar-refractivity contribution is 5.17. The Balaban J connectivity index is 0. The highest BCUT2D eigenvalue weighted by Crippen LogP contribution is 2.14. The van der Waals surface area contributed by atoms with Crippen LogP contribution in [-0.2, 0) is 0 Å². The van der Waals surface area contributed by atoms with Gasteiger partial charge in [0.2, 0.25) is 0 Å². The van der Waals surface area contributed by atoms with Gasteiger partial charge >= 0.3 is 0 Å². The van der Waals surface area contributed by atoms with Gasteiger partial charge < -0.3 is 0 Å². The molecule has 0 aliphatic carbocycles. The number of nitrogens with zero attached hydrogens (tertiary/aromatic N) is 1. The first-order valence-electron chi connectivity index (χ1n) is 4.21. The third-order valence-electron chi connectivity index (χ3n) is 1.49. The maximum absolute atomic E-state index is 3.92. The van der Waals surface area contributed by atoms with Crippen LogP contribution < -0.4 is 0 Å². The highest BCUT2D eigenvalue weighted by atomic mass is 15.1. The maximum atomic E-state index is 3.92. The van der Waals surface area contributed by atoms with Gasteiger partial charge in [0.1, 0.15) is 0 Å². The summed E-state index contributed by atoms with van der Waals surface area (Å²) in [5.41, 5.74) is 2.50. The van der Waals surface area contributed by atoms with Gasteiger partial charge in [0.15, 0.2) is 0 Å². The summed E-state index contributed by atoms with van der Waals surface area (Å²) in [7, 11) is 0. The van der Waals surface area contributed by atoms with Crippen LogP contribution in [0, 0.1) is 6.92 Å². The molecule has 1 aromatic rings. The molecule has 0 amide bonds. The van der Waals surface area contributed by atoms with Crippen molar-refractivity contribution in [2.24, 2.45) is 0 Å². The molecular weight excluding hydrogens is 136 g/mol. The summed E-state index contributed by atoms with van der Waals surface area (Å²) in [6.45, 7) is 10.4. The number of aryl methyl sites for hydroxylation is 1. The van der Waals surface area contributed by atoms with E-state index in [1.165, 1.54) is 11.3 Å². The van der Waals surface area contributed by atoms with Crippen molar-refractivity contribution in [1.29, 1.82) is 0 Å². The van der Waals surface area contributed by atoms with Gasteiger partial charge in [-0.3, -0.25) is 5.10 Å². The normalized spacial score (nSPS) is 9.27. The fourth-order valence-electron chi connectivity index (χ4n) is 0.942. The molecule has 1 heterocycles. The van der Waals surface area contributed by atoms with Crippen LogP contribution in [0.15, 0.2) is 6.20 Å². The molecule has 2 nitrogen and oxygen atoms in total. The minimum Gasteiger partial charge on any atom is -0.283 e. The number of nitrogens with one attached hydrogen (secondary N) is 1. The molecule has 0 spiro atoms. The van der Waals surface area contributed by atoms with Crippen molar-refractivity contribution in [2.45, 2.75) is 40.5 Å². The Kier molecular flexibility index (Phi) is 4.59. The van der Waals surface area contributed by atoms with Crippen LogP contribution in [0.25, 0.3) is 0 Å². The molecular formula is C9H20N2. The van der Waals surface area contributed by atoms with Gasteiger partial charge in [-0.15, -0.1) is 0 Å². The number of H-pyrrole nitrogens is 1. The Morgan fingerprint density at radius 1 is 1.45 bits per heavy atom. The lowest BCUT2D eigenvalue weighted by Crippen LogP contribution is -1.86. The molecule has 0 saturated heterocycles. The summed E-state index contributed by atoms with van der Waals surface area (Å²) < 4.78 is 0. The summed E-state index contributed by atoms with van der Waals surface area (Å²) in [6, 6.07) is 0. The zero-order valence-corrected chi connectivity index (χ0v) is 8.10. The molecule has 1 N–H and O–H groups in total. The van der Waals surface area contributed by atoms with E-state index in [2.05, 4.69) is 24.0 Å². The standard InChI is InChI=1S/C7H12N2.C2H6.H2/c1-5(2)7-4-8-9-6(7)3;1-2;/h4-5H,1-3H3,(H,8,9);1-2H3;1H. The molecule has 0 fully saturated rings. The minimum absolute atomic E-state index is 0. The van der Waals surface area contributed by atoms with Crippen LogP contribution in [0.1, 0.15) is 46.3 Å². The van der Waals surface area contributed by atoms with Gasteiger partial charge in [0.05, 0.1) is 6.20 Å². The zero-order valence-electron chi connectivity index (χ0n) is 8.10. The highest BCUT2D eigenvalue weighted by Gasteiger charge is 2.02. The molecule has 0 aliphatic rings. The molecule has 0 unspecified atom stereocenters. The minimum atomic E-state index is 0. The van der Waals surface area contributed by atoms with Crippen LogP contribution in [0.2, 0.25) is 0 Å². The van der Waals surface area contributed by atoms with Crippen molar-refractivity contribution in [3.63, 3.8) is 0 Å². The molecule has 1 rings (SSSR count). The van der Waals surface area contributed by atoms with E-state index >= 15 is 0 Å². The zero-order chi connectivity index (χ0) is 8.85. The van der Waals surface area contributed by atoms with Crippen molar-refractivity contribution in [1.82, 2.24) is 10.2 Å². The van der Waals surface area contributed by atoms with Crippen LogP contribution >= 0.6 is 0 Å². The first-order valence-corrected chi connectivity index (χ1v) is 4.21. The summed E-state index contributed by atoms with van der Waals surface area (Å²) in [6.07, 6.45) is 1.89. The van der Waals surface area contributed by atoms with Crippen LogP contribution in [-0.4, -0.2) is 10.2 Å². The average molecular weight is 156 g/mol. The van der Waals surface area contributed by atoms with E-state index in [9.17, 15) is 0 Å². The quantitative estimate of drug-likeness (QED) is 0.665. The van der Waals surface area contributed by atoms with E-state index in [-0.39, 0.29) is 1.43 Å². The van der Waals surface area contributed by atoms with Gasteiger partial charge in [0, 0.05) is 7.12 Å². The molecule has 2 heteroatoms. The van der Waals surface area contributed by atoms with E-state index in [4.69, 9.17) is 0 Å². The van der Waals surface area contributed by atoms with E-state index < -0.39 is 0 Å². The second-order valence-corrected chi connectivity index (χ2v) is 2.61. The van der Waals surface area contributed by atoms with E-state index in [1.807, 2.05) is 27.0 Å². The van der Waals surface area contributed by atoms with Crippen LogP contribution in [0.4, 0.5) is 0 Å². The first kappa shape index (κ1) is 10.2. The average Bonchev–Trinajstić information content (AvgIpc) is 2.39. The number of hydrogen-bond acceptors (Lipinski definition) is 1. The van der Waals surface area contributed by atoms with Gasteiger partial charge in [0.25, 0.3) is 0 Å². The molecule has 0 radical (unpaired) electrons. The SMILES string of the molecule is CC.Cc1[nH]ncc1C(C)C.[HH]. The number of hydrogen-bond donors (Lipinski definition) is 1. The Morgan fingerprint density at radius 2 is 2.00 bits per heavy atom. The van der Waals surface area contributed by atoms with Gasteiger partial charge in [-0.05, 0) is 18.4 Å². The number of aromatic amines is 1. The second-order valence-electron chi connectivity index (χ2n) is 2.61. The second kappa shape index (κ2) is 4.94. The van der Waals surface area contributed by atoms with E-state index in [1.54, 1.807) is 0 Å². The predicted molar refractivity (Wildman–Crippen MR) is 50.9 cm³/mol. The number of rotatable bonds is 1. The first-order chi connectivity index (χ1) is 5.22. The molecule has 0 aromatic carbocycles. The van der Waals surface area contributed by atoms with Gasteiger partial charge in [-0.1, -0.05) is 27.7 Å². The Labute approximate surface area is 70.5 Å². The summed E-state index contributed by atoms with van der Waals surface area (Å²) in [4.78, 5) is 0. The largest absolute Gasteiger partial charge is 0.283 e. The lowest BCUT2D eigenvalue weighted by atomic mass is 10.1. The van der Waals surface area contributed by atoms with Crippen molar-refractivity contribution in [3.05, 3.63) is 17.5 Å². The third-order valence-corrected chi connectivity index (χ3v) is 1.49. The Bertz CT molecular complexity index is 194. The van der Waals surface area contributed by atoms with Crippen LogP contribution in [0.5, 0.6) is 0 Å². The smallest absolute Gasteiger partial charge is 0.0524 e. The lowest BCUT2D eigenvalue weighted by molar-refractivity contribution is 0.857. The summed E-state index contributed by atoms with van der Waals surface area (Å²) >= 11 is 0. The van der Waals surface area contributed by atoms with Crippen molar-refractivity contribution < 1.29 is 1.43 Å². The molecule has 0 atom stereocenters. The maximum Gasteiger partial charge on any atom is 0.0524 e. The number of aromatic nitrogens is 2. The Hall–Kier alpha value is -0.790. The van der Waals surface area contributed by atoms with Crippen LogP contribution in [0.3, 0.4) is 0 Å². The molecule has 0 saturated carbocycles. The van der Waals surface area contributed by atoms with Crippen molar-refractivity contribution in [3.8, 4) is 0 Å². The predicted octanol–water partition coefficient (Wildman–Crippen LogP) is 3.11. The van der Waals surface area contributed by atoms with Gasteiger partial charge in [-0.25, -0.2) is 0 Å². The monoisotopic (exact) mass is 156 g/mol. The summed E-state index contributed by atoms with van der Waals surface area (Å²) in [5, 5.41) is 6.82. The van der Waals surface area contributed by atoms with E-state index in [0.717, 1.165) is 0 Å². The van der Waals surface area contributed by atoms with E-state index in [0.29, 0.717) is 5.92 Å². The fourth-order valence-corrected chi connectivity index (χ4v) is 0.942. The summed E-state index contributed by atoms with van der Waals surface area (Å²) in [5.74, 6) is 0.587. The molecule has 11 heavy (non-hydrogen) atoms. The van der Waals surface area contributed by atoms with Crippen molar-refractivity contribution in [2.75, 3.05) is 0 Å². The fraction of sp³-hybridized carbons (Fsp3) is 0.667. The van der Waals surface area contributed by atoms with Gasteiger partial charge in [-0.2, -0.15) is 5.10 Å². The van der Waals surface area contributed by atoms with Crippen molar-refractivity contribution >= 4 is 0 Å². The molecule has 1 aromatic heterocycles. The molecule has 0 aliphatic heterocycles. The third kappa shape index (κ3) is 2.74. The molecule has 66 valence electrons. The Morgan fingerprint density at radius 3 is 2.18 bits per heavy atom.